The molecule has 3 aromatic rings. The van der Waals surface area contributed by atoms with Crippen LogP contribution in [0.3, 0.4) is 0 Å². The van der Waals surface area contributed by atoms with Crippen molar-refractivity contribution < 1.29 is 4.52 Å². The fourth-order valence-corrected chi connectivity index (χ4v) is 2.93. The molecule has 0 amide bonds. The summed E-state index contributed by atoms with van der Waals surface area (Å²) in [5.41, 5.74) is 7.44. The molecule has 0 atom stereocenters. The number of halogens is 1. The van der Waals surface area contributed by atoms with E-state index in [4.69, 9.17) is 10.3 Å². The minimum absolute atomic E-state index is 0. The van der Waals surface area contributed by atoms with Crippen LogP contribution < -0.4 is 11.3 Å². The SMILES string of the molecule is Cc1nc(-c2ccncc2)[nH]c(=O)c1Cc1nc(C2(N)CCC2)no1.Cl. The van der Waals surface area contributed by atoms with Gasteiger partial charge in [0.05, 0.1) is 12.0 Å². The summed E-state index contributed by atoms with van der Waals surface area (Å²) in [4.78, 5) is 28.1. The van der Waals surface area contributed by atoms with Gasteiger partial charge in [-0.3, -0.25) is 9.78 Å². The van der Waals surface area contributed by atoms with E-state index in [2.05, 4.69) is 25.1 Å². The molecule has 136 valence electrons. The molecule has 3 N–H and O–H groups in total. The van der Waals surface area contributed by atoms with Crippen LogP contribution in [0.1, 0.15) is 42.2 Å². The van der Waals surface area contributed by atoms with Crippen molar-refractivity contribution in [3.05, 3.63) is 57.9 Å². The predicted octanol–water partition coefficient (Wildman–Crippen LogP) is 1.87. The summed E-state index contributed by atoms with van der Waals surface area (Å²) in [6.07, 6.45) is 6.32. The summed E-state index contributed by atoms with van der Waals surface area (Å²) in [5.74, 6) is 1.40. The highest BCUT2D eigenvalue weighted by atomic mass is 35.5. The standard InChI is InChI=1S/C17H18N6O2.ClH/c1-10-12(9-13-21-16(23-25-13)17(18)5-2-6-17)15(24)22-14(20-10)11-3-7-19-8-4-11;/h3-4,7-8H,2,5-6,9,18H2,1H3,(H,20,22,24);1H. The van der Waals surface area contributed by atoms with Crippen molar-refractivity contribution in [2.45, 2.75) is 38.1 Å². The number of aromatic amines is 1. The van der Waals surface area contributed by atoms with Crippen LogP contribution >= 0.6 is 12.4 Å². The van der Waals surface area contributed by atoms with Gasteiger partial charge >= 0.3 is 0 Å². The fourth-order valence-electron chi connectivity index (χ4n) is 2.93. The molecule has 1 saturated carbocycles. The second kappa shape index (κ2) is 6.97. The van der Waals surface area contributed by atoms with Crippen LogP contribution in [0.4, 0.5) is 0 Å². The zero-order chi connectivity index (χ0) is 17.4. The first-order valence-electron chi connectivity index (χ1n) is 8.17. The van der Waals surface area contributed by atoms with E-state index in [1.807, 2.05) is 0 Å². The molecule has 0 radical (unpaired) electrons. The fraction of sp³-hybridized carbons (Fsp3) is 0.353. The average molecular weight is 375 g/mol. The van der Waals surface area contributed by atoms with Gasteiger partial charge in [0, 0.05) is 29.2 Å². The van der Waals surface area contributed by atoms with E-state index in [1.165, 1.54) is 0 Å². The molecule has 0 aliphatic heterocycles. The zero-order valence-electron chi connectivity index (χ0n) is 14.2. The van der Waals surface area contributed by atoms with Crippen molar-refractivity contribution in [1.82, 2.24) is 25.1 Å². The summed E-state index contributed by atoms with van der Waals surface area (Å²) in [7, 11) is 0. The van der Waals surface area contributed by atoms with Gasteiger partial charge in [0.15, 0.2) is 5.82 Å². The highest BCUT2D eigenvalue weighted by molar-refractivity contribution is 5.85. The molecule has 0 saturated heterocycles. The third-order valence-corrected chi connectivity index (χ3v) is 4.66. The normalized spacial score (nSPS) is 15.2. The maximum atomic E-state index is 12.5. The topological polar surface area (TPSA) is 124 Å². The number of hydrogen-bond acceptors (Lipinski definition) is 7. The van der Waals surface area contributed by atoms with Crippen LogP contribution in [0.25, 0.3) is 11.4 Å². The molecule has 26 heavy (non-hydrogen) atoms. The monoisotopic (exact) mass is 374 g/mol. The number of aryl methyl sites for hydroxylation is 1. The molecule has 0 bridgehead atoms. The largest absolute Gasteiger partial charge is 0.339 e. The minimum atomic E-state index is -0.479. The van der Waals surface area contributed by atoms with Gasteiger partial charge < -0.3 is 15.2 Å². The van der Waals surface area contributed by atoms with Crippen LogP contribution in [0, 0.1) is 6.92 Å². The van der Waals surface area contributed by atoms with Gasteiger partial charge in [0.1, 0.15) is 5.82 Å². The Morgan fingerprint density at radius 3 is 2.62 bits per heavy atom. The number of nitrogens with zero attached hydrogens (tertiary/aromatic N) is 4. The third-order valence-electron chi connectivity index (χ3n) is 4.66. The molecule has 3 aromatic heterocycles. The van der Waals surface area contributed by atoms with Crippen molar-refractivity contribution in [2.75, 3.05) is 0 Å². The van der Waals surface area contributed by atoms with Crippen molar-refractivity contribution in [3.8, 4) is 11.4 Å². The Balaban J connectivity index is 0.00000196. The van der Waals surface area contributed by atoms with Crippen molar-refractivity contribution >= 4 is 12.4 Å². The van der Waals surface area contributed by atoms with Gasteiger partial charge in [-0.25, -0.2) is 4.98 Å². The number of H-pyrrole nitrogens is 1. The van der Waals surface area contributed by atoms with Gasteiger partial charge in [0.25, 0.3) is 5.56 Å². The van der Waals surface area contributed by atoms with Gasteiger partial charge in [-0.2, -0.15) is 4.98 Å². The van der Waals surface area contributed by atoms with E-state index < -0.39 is 5.54 Å². The lowest BCUT2D eigenvalue weighted by atomic mass is 9.77. The average Bonchev–Trinajstić information content (AvgIpc) is 3.05. The van der Waals surface area contributed by atoms with Crippen LogP contribution in [-0.4, -0.2) is 25.1 Å². The van der Waals surface area contributed by atoms with Crippen molar-refractivity contribution in [2.24, 2.45) is 5.73 Å². The van der Waals surface area contributed by atoms with Crippen molar-refractivity contribution in [3.63, 3.8) is 0 Å². The molecule has 3 heterocycles. The number of nitrogens with two attached hydrogens (primary N) is 1. The number of pyridine rings is 1. The highest BCUT2D eigenvalue weighted by Gasteiger charge is 2.39. The zero-order valence-corrected chi connectivity index (χ0v) is 15.0. The summed E-state index contributed by atoms with van der Waals surface area (Å²) >= 11 is 0. The van der Waals surface area contributed by atoms with E-state index in [0.717, 1.165) is 24.8 Å². The molecule has 1 fully saturated rings. The molecular formula is C17H19ClN6O2. The number of hydrogen-bond donors (Lipinski definition) is 2. The van der Waals surface area contributed by atoms with Gasteiger partial charge in [-0.15, -0.1) is 12.4 Å². The molecule has 1 aliphatic rings. The quantitative estimate of drug-likeness (QED) is 0.714. The highest BCUT2D eigenvalue weighted by Crippen LogP contribution is 2.36. The van der Waals surface area contributed by atoms with E-state index in [0.29, 0.717) is 28.8 Å². The second-order valence-electron chi connectivity index (χ2n) is 6.41. The summed E-state index contributed by atoms with van der Waals surface area (Å²) in [6, 6.07) is 3.59. The first-order chi connectivity index (χ1) is 12.0. The molecule has 0 aromatic carbocycles. The molecule has 8 nitrogen and oxygen atoms in total. The maximum absolute atomic E-state index is 12.5. The molecular weight excluding hydrogens is 356 g/mol. The lowest BCUT2D eigenvalue weighted by Crippen LogP contribution is -2.44. The number of aromatic nitrogens is 5. The van der Waals surface area contributed by atoms with E-state index in [-0.39, 0.29) is 24.4 Å². The smallest absolute Gasteiger partial charge is 0.255 e. The Morgan fingerprint density at radius 1 is 1.27 bits per heavy atom. The van der Waals surface area contributed by atoms with Crippen LogP contribution in [-0.2, 0) is 12.0 Å². The van der Waals surface area contributed by atoms with E-state index >= 15 is 0 Å². The Labute approximate surface area is 155 Å². The van der Waals surface area contributed by atoms with Crippen molar-refractivity contribution in [1.29, 1.82) is 0 Å². The molecule has 4 rings (SSSR count). The molecule has 0 spiro atoms. The molecule has 9 heteroatoms. The molecule has 0 unspecified atom stereocenters. The summed E-state index contributed by atoms with van der Waals surface area (Å²) < 4.78 is 5.29. The number of rotatable bonds is 4. The van der Waals surface area contributed by atoms with Gasteiger partial charge in [-0.05, 0) is 38.3 Å². The Kier molecular flexibility index (Phi) is 4.88. The Morgan fingerprint density at radius 2 is 2.00 bits per heavy atom. The van der Waals surface area contributed by atoms with Gasteiger partial charge in [0.2, 0.25) is 5.89 Å². The lowest BCUT2D eigenvalue weighted by molar-refractivity contribution is 0.229. The lowest BCUT2D eigenvalue weighted by Gasteiger charge is -2.34. The predicted molar refractivity (Wildman–Crippen MR) is 96.9 cm³/mol. The Hall–Kier alpha value is -2.58. The summed E-state index contributed by atoms with van der Waals surface area (Å²) in [5, 5.41) is 3.98. The third kappa shape index (κ3) is 3.25. The van der Waals surface area contributed by atoms with E-state index in [9.17, 15) is 4.79 Å². The number of nitrogens with one attached hydrogen (secondary N) is 1. The van der Waals surface area contributed by atoms with Crippen LogP contribution in [0.5, 0.6) is 0 Å². The van der Waals surface area contributed by atoms with Crippen LogP contribution in [0.2, 0.25) is 0 Å². The minimum Gasteiger partial charge on any atom is -0.339 e. The van der Waals surface area contributed by atoms with Crippen LogP contribution in [0.15, 0.2) is 33.8 Å². The maximum Gasteiger partial charge on any atom is 0.255 e. The Bertz CT molecular complexity index is 965. The summed E-state index contributed by atoms with van der Waals surface area (Å²) in [6.45, 7) is 1.79. The first kappa shape index (κ1) is 18.2. The van der Waals surface area contributed by atoms with Gasteiger partial charge in [-0.1, -0.05) is 5.16 Å². The van der Waals surface area contributed by atoms with E-state index in [1.54, 1.807) is 31.5 Å². The molecule has 1 aliphatic carbocycles. The first-order valence-corrected chi connectivity index (χ1v) is 8.17. The second-order valence-corrected chi connectivity index (χ2v) is 6.41.